The van der Waals surface area contributed by atoms with E-state index in [2.05, 4.69) is 109 Å². The molecule has 0 saturated carbocycles. The van der Waals surface area contributed by atoms with E-state index < -0.39 is 0 Å². The van der Waals surface area contributed by atoms with Gasteiger partial charge in [0.1, 0.15) is 0 Å². The first-order valence-electron chi connectivity index (χ1n) is 9.63. The van der Waals surface area contributed by atoms with Crippen molar-refractivity contribution < 1.29 is 0 Å². The minimum atomic E-state index is 1.28. The summed E-state index contributed by atoms with van der Waals surface area (Å²) in [7, 11) is 0. The number of rotatable bonds is 1. The molecular formula is C28H20. The van der Waals surface area contributed by atoms with Crippen molar-refractivity contribution in [1.82, 2.24) is 0 Å². The van der Waals surface area contributed by atoms with Crippen LogP contribution in [0.3, 0.4) is 0 Å². The monoisotopic (exact) mass is 356 g/mol. The number of benzene rings is 6. The highest BCUT2D eigenvalue weighted by Crippen LogP contribution is 2.33. The molecule has 28 heavy (non-hydrogen) atoms. The summed E-state index contributed by atoms with van der Waals surface area (Å²) >= 11 is 0. The van der Waals surface area contributed by atoms with Crippen LogP contribution in [-0.2, 0) is 0 Å². The van der Waals surface area contributed by atoms with Crippen molar-refractivity contribution in [3.8, 4) is 11.1 Å². The second-order valence-electron chi connectivity index (χ2n) is 7.02. The summed E-state index contributed by atoms with van der Waals surface area (Å²) < 4.78 is 0. The van der Waals surface area contributed by atoms with E-state index in [0.29, 0.717) is 0 Å². The van der Waals surface area contributed by atoms with Gasteiger partial charge in [-0.05, 0) is 43.4 Å². The summed E-state index contributed by atoms with van der Waals surface area (Å²) in [6, 6.07) is 42.6. The second kappa shape index (κ2) is 7.17. The molecule has 6 aromatic rings. The highest BCUT2D eigenvalue weighted by atomic mass is 14.1. The molecule has 0 fully saturated rings. The number of hydrogen-bond donors (Lipinski definition) is 0. The quantitative estimate of drug-likeness (QED) is 0.262. The third kappa shape index (κ3) is 3.00. The van der Waals surface area contributed by atoms with Gasteiger partial charge in [-0.25, -0.2) is 0 Å². The Morgan fingerprint density at radius 2 is 0.571 bits per heavy atom. The van der Waals surface area contributed by atoms with Crippen LogP contribution in [0.1, 0.15) is 0 Å². The Bertz CT molecular complexity index is 1160. The molecule has 132 valence electrons. The van der Waals surface area contributed by atoms with Crippen LogP contribution in [0.25, 0.3) is 43.4 Å². The van der Waals surface area contributed by atoms with Gasteiger partial charge < -0.3 is 0 Å². The van der Waals surface area contributed by atoms with Crippen LogP contribution in [0, 0.1) is 0 Å². The molecular weight excluding hydrogens is 336 g/mol. The van der Waals surface area contributed by atoms with Crippen LogP contribution in [0.5, 0.6) is 0 Å². The fourth-order valence-electron chi connectivity index (χ4n) is 3.93. The molecule has 0 unspecified atom stereocenters. The van der Waals surface area contributed by atoms with Gasteiger partial charge in [0.15, 0.2) is 0 Å². The molecule has 0 bridgehead atoms. The molecule has 0 aliphatic carbocycles. The molecule has 0 radical (unpaired) electrons. The van der Waals surface area contributed by atoms with Gasteiger partial charge in [-0.3, -0.25) is 0 Å². The van der Waals surface area contributed by atoms with Gasteiger partial charge >= 0.3 is 0 Å². The van der Waals surface area contributed by atoms with E-state index in [1.165, 1.54) is 43.4 Å². The first-order valence-corrected chi connectivity index (χ1v) is 9.63. The zero-order valence-corrected chi connectivity index (χ0v) is 15.5. The summed E-state index contributed by atoms with van der Waals surface area (Å²) in [5.74, 6) is 0. The van der Waals surface area contributed by atoms with E-state index in [1.807, 2.05) is 12.1 Å². The summed E-state index contributed by atoms with van der Waals surface area (Å²) in [5, 5.41) is 8.14. The van der Waals surface area contributed by atoms with E-state index in [0.717, 1.165) is 0 Å². The van der Waals surface area contributed by atoms with Crippen molar-refractivity contribution in [2.45, 2.75) is 0 Å². The lowest BCUT2D eigenvalue weighted by atomic mass is 9.95. The SMILES string of the molecule is c1cc2ccc3cccc4ccc(c1)c2c34.c1ccc(-c2ccccc2)cc1. The maximum absolute atomic E-state index is 2.21. The lowest BCUT2D eigenvalue weighted by Gasteiger charge is -2.09. The predicted octanol–water partition coefficient (Wildman–Crippen LogP) is 7.94. The Balaban J connectivity index is 0.000000128. The summed E-state index contributed by atoms with van der Waals surface area (Å²) in [6.07, 6.45) is 0. The van der Waals surface area contributed by atoms with E-state index in [1.54, 1.807) is 0 Å². The zero-order chi connectivity index (χ0) is 18.8. The third-order valence-corrected chi connectivity index (χ3v) is 5.27. The van der Waals surface area contributed by atoms with Crippen LogP contribution in [0.4, 0.5) is 0 Å². The van der Waals surface area contributed by atoms with Gasteiger partial charge in [0, 0.05) is 0 Å². The van der Waals surface area contributed by atoms with Crippen molar-refractivity contribution in [2.75, 3.05) is 0 Å². The molecule has 0 N–H and O–H groups in total. The van der Waals surface area contributed by atoms with Crippen molar-refractivity contribution in [1.29, 1.82) is 0 Å². The van der Waals surface area contributed by atoms with E-state index in [4.69, 9.17) is 0 Å². The van der Waals surface area contributed by atoms with Crippen molar-refractivity contribution >= 4 is 32.3 Å². The van der Waals surface area contributed by atoms with Gasteiger partial charge in [-0.2, -0.15) is 0 Å². The largest absolute Gasteiger partial charge is 0.0622 e. The van der Waals surface area contributed by atoms with Crippen LogP contribution >= 0.6 is 0 Å². The van der Waals surface area contributed by atoms with E-state index in [-0.39, 0.29) is 0 Å². The average Bonchev–Trinajstić information content (AvgIpc) is 2.79. The summed E-state index contributed by atoms with van der Waals surface area (Å²) in [4.78, 5) is 0. The highest BCUT2D eigenvalue weighted by molar-refractivity contribution is 6.22. The predicted molar refractivity (Wildman–Crippen MR) is 122 cm³/mol. The molecule has 0 atom stereocenters. The lowest BCUT2D eigenvalue weighted by Crippen LogP contribution is -1.82. The van der Waals surface area contributed by atoms with Gasteiger partial charge in [0.2, 0.25) is 0 Å². The van der Waals surface area contributed by atoms with Crippen molar-refractivity contribution in [2.24, 2.45) is 0 Å². The molecule has 6 aromatic carbocycles. The minimum absolute atomic E-state index is 1.28. The summed E-state index contributed by atoms with van der Waals surface area (Å²) in [5.41, 5.74) is 2.55. The first-order chi connectivity index (χ1) is 13.9. The Morgan fingerprint density at radius 1 is 0.250 bits per heavy atom. The van der Waals surface area contributed by atoms with E-state index >= 15 is 0 Å². The fraction of sp³-hybridized carbons (Fsp3) is 0. The van der Waals surface area contributed by atoms with Crippen LogP contribution in [-0.4, -0.2) is 0 Å². The fourth-order valence-corrected chi connectivity index (χ4v) is 3.93. The van der Waals surface area contributed by atoms with Gasteiger partial charge in [-0.1, -0.05) is 121 Å². The smallest absolute Gasteiger partial charge is 0.00268 e. The Labute approximate surface area is 165 Å². The van der Waals surface area contributed by atoms with Crippen LogP contribution in [0.2, 0.25) is 0 Å². The molecule has 0 amide bonds. The molecule has 0 spiro atoms. The number of hydrogen-bond acceptors (Lipinski definition) is 0. The molecule has 0 heterocycles. The van der Waals surface area contributed by atoms with Gasteiger partial charge in [0.25, 0.3) is 0 Å². The second-order valence-corrected chi connectivity index (χ2v) is 7.02. The van der Waals surface area contributed by atoms with Gasteiger partial charge in [-0.15, -0.1) is 0 Å². The Morgan fingerprint density at radius 3 is 0.893 bits per heavy atom. The maximum atomic E-state index is 2.21. The summed E-state index contributed by atoms with van der Waals surface area (Å²) in [6.45, 7) is 0. The normalized spacial score (nSPS) is 10.9. The van der Waals surface area contributed by atoms with E-state index in [9.17, 15) is 0 Å². The minimum Gasteiger partial charge on any atom is -0.0622 e. The standard InChI is InChI=1S/C16H10.C12H10/c1-3-11-7-9-13-5-2-6-14-10-8-12(4-1)15(11)16(13)14;1-3-7-11(8-4-1)12-9-5-2-6-10-12/h1-10H;1-10H. The van der Waals surface area contributed by atoms with Crippen molar-refractivity contribution in [3.63, 3.8) is 0 Å². The van der Waals surface area contributed by atoms with Crippen LogP contribution < -0.4 is 0 Å². The van der Waals surface area contributed by atoms with Crippen molar-refractivity contribution in [3.05, 3.63) is 121 Å². The molecule has 0 aliphatic heterocycles. The third-order valence-electron chi connectivity index (χ3n) is 5.27. The molecule has 0 saturated heterocycles. The Kier molecular flexibility index (Phi) is 4.23. The Hall–Kier alpha value is -3.64. The molecule has 0 nitrogen and oxygen atoms in total. The lowest BCUT2D eigenvalue weighted by molar-refractivity contribution is 1.62. The molecule has 0 aliphatic rings. The first kappa shape index (κ1) is 16.5. The maximum Gasteiger partial charge on any atom is -0.00268 e. The molecule has 0 heteroatoms. The zero-order valence-electron chi connectivity index (χ0n) is 15.5. The molecule has 6 rings (SSSR count). The van der Waals surface area contributed by atoms with Gasteiger partial charge in [0.05, 0.1) is 0 Å². The topological polar surface area (TPSA) is 0 Å². The highest BCUT2D eigenvalue weighted by Gasteiger charge is 2.05. The van der Waals surface area contributed by atoms with Crippen LogP contribution in [0.15, 0.2) is 121 Å². The molecule has 0 aromatic heterocycles. The average molecular weight is 356 g/mol.